The fraction of sp³-hybridized carbons (Fsp3) is 0. The van der Waals surface area contributed by atoms with Gasteiger partial charge < -0.3 is 25.6 Å². The average Bonchev–Trinajstić information content (AvgIpc) is 1.88. The first-order chi connectivity index (χ1) is 5.00. The van der Waals surface area contributed by atoms with Crippen molar-refractivity contribution in [1.82, 2.24) is 0 Å². The lowest BCUT2D eigenvalue weighted by Gasteiger charge is -1.82. The summed E-state index contributed by atoms with van der Waals surface area (Å²) in [6.45, 7) is 0. The van der Waals surface area contributed by atoms with E-state index in [1.807, 2.05) is 36.4 Å². The van der Waals surface area contributed by atoms with Gasteiger partial charge in [0.25, 0.3) is 0 Å². The molecule has 0 heterocycles. The summed E-state index contributed by atoms with van der Waals surface area (Å²) in [5, 5.41) is 0. The van der Waals surface area contributed by atoms with E-state index in [0.717, 1.165) is 0 Å². The average molecular weight is 212 g/mol. The van der Waals surface area contributed by atoms with Crippen LogP contribution in [0.25, 0.3) is 0 Å². The molecule has 0 bridgehead atoms. The van der Waals surface area contributed by atoms with E-state index in [1.165, 1.54) is 0 Å². The molecule has 0 aliphatic heterocycles. The monoisotopic (exact) mass is 212 g/mol. The van der Waals surface area contributed by atoms with Crippen molar-refractivity contribution in [1.29, 1.82) is 0 Å². The molecule has 0 saturated heterocycles. The maximum atomic E-state index is 8.88. The summed E-state index contributed by atoms with van der Waals surface area (Å²) in [6.07, 6.45) is 0. The highest BCUT2D eigenvalue weighted by molar-refractivity contribution is 7.45. The van der Waals surface area contributed by atoms with Crippen molar-refractivity contribution in [2.75, 3.05) is 0 Å². The van der Waals surface area contributed by atoms with Gasteiger partial charge in [-0.1, -0.05) is 36.4 Å². The van der Waals surface area contributed by atoms with E-state index in [4.69, 9.17) is 19.2 Å². The van der Waals surface area contributed by atoms with Crippen molar-refractivity contribution in [3.8, 4) is 0 Å². The minimum absolute atomic E-state index is 0. The smallest absolute Gasteiger partial charge is 0.412 e. The van der Waals surface area contributed by atoms with Crippen LogP contribution >= 0.6 is 7.82 Å². The summed E-state index contributed by atoms with van der Waals surface area (Å²) in [7, 11) is -4.64. The van der Waals surface area contributed by atoms with Gasteiger partial charge in [-0.15, -0.1) is 0 Å². The van der Waals surface area contributed by atoms with Crippen LogP contribution in [0.1, 0.15) is 0 Å². The molecule has 1 aromatic carbocycles. The van der Waals surface area contributed by atoms with Crippen LogP contribution in [-0.4, -0.2) is 25.6 Å². The molecule has 0 spiro atoms. The van der Waals surface area contributed by atoms with Gasteiger partial charge in [0.15, 0.2) is 0 Å². The molecule has 0 aliphatic carbocycles. The third-order valence-electron chi connectivity index (χ3n) is 0.667. The summed E-state index contributed by atoms with van der Waals surface area (Å²) in [5.74, 6) is 0. The minimum Gasteiger partial charge on any atom is -0.412 e. The number of benzene rings is 1. The Morgan fingerprint density at radius 1 is 0.692 bits per heavy atom. The second kappa shape index (κ2) is 9.34. The minimum atomic E-state index is -4.64. The van der Waals surface area contributed by atoms with E-state index in [1.54, 1.807) is 0 Å². The summed E-state index contributed by atoms with van der Waals surface area (Å²) in [5.41, 5.74) is 0. The SMILES string of the molecule is O.O.O=P(O)(O)O.c1ccccc1. The van der Waals surface area contributed by atoms with Crippen molar-refractivity contribution in [3.05, 3.63) is 36.4 Å². The predicted molar refractivity (Wildman–Crippen MR) is 47.9 cm³/mol. The Hall–Kier alpha value is -0.750. The standard InChI is InChI=1S/C6H6.H3O4P.2H2O/c1-2-4-6-5-3-1;1-5(2,3)4;;/h1-6H;(H3,1,2,3,4);2*1H2. The first-order valence-electron chi connectivity index (χ1n) is 2.78. The molecule has 0 aliphatic rings. The number of hydrogen-bond donors (Lipinski definition) is 3. The van der Waals surface area contributed by atoms with Crippen LogP contribution in [0.5, 0.6) is 0 Å². The van der Waals surface area contributed by atoms with Crippen LogP contribution in [-0.2, 0) is 4.57 Å². The summed E-state index contributed by atoms with van der Waals surface area (Å²) in [6, 6.07) is 12.0. The summed E-state index contributed by atoms with van der Waals surface area (Å²) >= 11 is 0. The van der Waals surface area contributed by atoms with Gasteiger partial charge in [0, 0.05) is 0 Å². The van der Waals surface area contributed by atoms with Crippen LogP contribution in [0, 0.1) is 0 Å². The quantitative estimate of drug-likeness (QED) is 0.479. The molecule has 13 heavy (non-hydrogen) atoms. The highest BCUT2D eigenvalue weighted by Crippen LogP contribution is 2.25. The zero-order chi connectivity index (χ0) is 8.74. The van der Waals surface area contributed by atoms with Crippen molar-refractivity contribution in [3.63, 3.8) is 0 Å². The van der Waals surface area contributed by atoms with E-state index in [9.17, 15) is 0 Å². The van der Waals surface area contributed by atoms with Crippen molar-refractivity contribution in [2.24, 2.45) is 0 Å². The van der Waals surface area contributed by atoms with Crippen LogP contribution in [0.15, 0.2) is 36.4 Å². The Bertz CT molecular complexity index is 185. The Morgan fingerprint density at radius 3 is 0.846 bits per heavy atom. The second-order valence-corrected chi connectivity index (χ2v) is 2.69. The second-order valence-electron chi connectivity index (χ2n) is 1.67. The Balaban J connectivity index is -0.000000136. The van der Waals surface area contributed by atoms with Crippen molar-refractivity contribution >= 4 is 7.82 Å². The van der Waals surface area contributed by atoms with Gasteiger partial charge in [0.1, 0.15) is 0 Å². The van der Waals surface area contributed by atoms with E-state index >= 15 is 0 Å². The number of phosphoric acid groups is 1. The molecule has 7 heteroatoms. The largest absolute Gasteiger partial charge is 0.466 e. The van der Waals surface area contributed by atoms with Crippen molar-refractivity contribution in [2.45, 2.75) is 0 Å². The maximum absolute atomic E-state index is 8.88. The lowest BCUT2D eigenvalue weighted by atomic mass is 10.4. The fourth-order valence-corrected chi connectivity index (χ4v) is 0.385. The maximum Gasteiger partial charge on any atom is 0.466 e. The van der Waals surface area contributed by atoms with Gasteiger partial charge in [0.05, 0.1) is 0 Å². The zero-order valence-corrected chi connectivity index (χ0v) is 7.56. The van der Waals surface area contributed by atoms with E-state index in [-0.39, 0.29) is 11.0 Å². The van der Waals surface area contributed by atoms with Gasteiger partial charge in [-0.05, 0) is 0 Å². The highest BCUT2D eigenvalue weighted by atomic mass is 31.2. The van der Waals surface area contributed by atoms with Crippen molar-refractivity contribution < 1.29 is 30.2 Å². The van der Waals surface area contributed by atoms with Crippen LogP contribution in [0.3, 0.4) is 0 Å². The Kier molecular flexibility index (Phi) is 13.0. The van der Waals surface area contributed by atoms with Gasteiger partial charge in [-0.2, -0.15) is 0 Å². The molecule has 0 aromatic heterocycles. The van der Waals surface area contributed by atoms with Crippen LogP contribution < -0.4 is 0 Å². The van der Waals surface area contributed by atoms with Gasteiger partial charge in [-0.25, -0.2) is 4.57 Å². The highest BCUT2D eigenvalue weighted by Gasteiger charge is 2.00. The third kappa shape index (κ3) is 34.9. The molecule has 0 amide bonds. The molecular formula is C6H13O6P. The van der Waals surface area contributed by atoms with Crippen LogP contribution in [0.2, 0.25) is 0 Å². The lowest BCUT2D eigenvalue weighted by Crippen LogP contribution is -1.66. The molecule has 6 nitrogen and oxygen atoms in total. The molecule has 7 N–H and O–H groups in total. The van der Waals surface area contributed by atoms with Gasteiger partial charge in [-0.3, -0.25) is 0 Å². The lowest BCUT2D eigenvalue weighted by molar-refractivity contribution is 0.275. The van der Waals surface area contributed by atoms with E-state index < -0.39 is 7.82 Å². The molecule has 78 valence electrons. The third-order valence-corrected chi connectivity index (χ3v) is 0.667. The predicted octanol–water partition coefficient (Wildman–Crippen LogP) is -0.891. The molecule has 0 fully saturated rings. The Labute approximate surface area is 75.3 Å². The number of hydrogen-bond acceptors (Lipinski definition) is 1. The topological polar surface area (TPSA) is 141 Å². The van der Waals surface area contributed by atoms with Crippen LogP contribution in [0.4, 0.5) is 0 Å². The molecule has 1 rings (SSSR count). The molecule has 0 atom stereocenters. The fourth-order valence-electron chi connectivity index (χ4n) is 0.385. The van der Waals surface area contributed by atoms with Gasteiger partial charge >= 0.3 is 7.82 Å². The normalized spacial score (nSPS) is 8.23. The first kappa shape index (κ1) is 18.1. The summed E-state index contributed by atoms with van der Waals surface area (Å²) < 4.78 is 8.88. The Morgan fingerprint density at radius 2 is 0.769 bits per heavy atom. The molecule has 1 aromatic rings. The first-order valence-corrected chi connectivity index (χ1v) is 4.35. The van der Waals surface area contributed by atoms with E-state index in [0.29, 0.717) is 0 Å². The molecular weight excluding hydrogens is 199 g/mol. The summed E-state index contributed by atoms with van der Waals surface area (Å²) in [4.78, 5) is 21.6. The zero-order valence-electron chi connectivity index (χ0n) is 6.66. The van der Waals surface area contributed by atoms with Gasteiger partial charge in [0.2, 0.25) is 0 Å². The molecule has 0 radical (unpaired) electrons. The number of rotatable bonds is 0. The molecule has 0 saturated carbocycles. The molecule has 0 unspecified atom stereocenters. The van der Waals surface area contributed by atoms with E-state index in [2.05, 4.69) is 0 Å².